The molecule has 0 amide bonds. The van der Waals surface area contributed by atoms with Gasteiger partial charge in [-0.25, -0.2) is 0 Å². The zero-order chi connectivity index (χ0) is 15.7. The Balaban J connectivity index is -0.000000222. The predicted molar refractivity (Wildman–Crippen MR) is 71.4 cm³/mol. The number of hydrogen-bond donors (Lipinski definition) is 2. The fourth-order valence-electron chi connectivity index (χ4n) is 0.723. The van der Waals surface area contributed by atoms with E-state index in [2.05, 4.69) is 11.7 Å². The fraction of sp³-hybridized carbons (Fsp3) is 0.923. The summed E-state index contributed by atoms with van der Waals surface area (Å²) in [6.45, 7) is 7.77. The van der Waals surface area contributed by atoms with Crippen LogP contribution in [-0.2, 0) is 14.3 Å². The van der Waals surface area contributed by atoms with Crippen molar-refractivity contribution in [2.24, 2.45) is 0 Å². The van der Waals surface area contributed by atoms with Gasteiger partial charge in [0.05, 0.1) is 12.7 Å². The molecule has 118 valence electrons. The lowest BCUT2D eigenvalue weighted by Gasteiger charge is -2.07. The summed E-state index contributed by atoms with van der Waals surface area (Å²) in [4.78, 5) is 8.89. The number of carbonyl (C=O) groups is 1. The molecule has 19 heavy (non-hydrogen) atoms. The standard InChI is InChI=1S/C7H16O2.C4H10O2.C2H4O2/c1-3-5-6-9-7(8)4-2;1-4(5)3-6-2;1-2(3)4/h7-8H,3-6H2,1-2H3;4-5H,3H2,1-2H3;1H3,(H,3,4)/p-1. The summed E-state index contributed by atoms with van der Waals surface area (Å²) < 4.78 is 9.54. The Labute approximate surface area is 116 Å². The first-order valence-corrected chi connectivity index (χ1v) is 6.45. The lowest BCUT2D eigenvalue weighted by atomic mass is 10.4. The second-order valence-electron chi connectivity index (χ2n) is 3.88. The summed E-state index contributed by atoms with van der Waals surface area (Å²) >= 11 is 0. The van der Waals surface area contributed by atoms with Gasteiger partial charge in [0, 0.05) is 19.7 Å². The van der Waals surface area contributed by atoms with Gasteiger partial charge in [-0.1, -0.05) is 20.3 Å². The van der Waals surface area contributed by atoms with Crippen molar-refractivity contribution in [3.8, 4) is 0 Å². The van der Waals surface area contributed by atoms with Crippen LogP contribution >= 0.6 is 0 Å². The lowest BCUT2D eigenvalue weighted by molar-refractivity contribution is -0.302. The van der Waals surface area contributed by atoms with Gasteiger partial charge in [-0.3, -0.25) is 0 Å². The summed E-state index contributed by atoms with van der Waals surface area (Å²) in [6.07, 6.45) is 1.98. The van der Waals surface area contributed by atoms with Crippen molar-refractivity contribution in [1.29, 1.82) is 0 Å². The summed E-state index contributed by atoms with van der Waals surface area (Å²) in [5, 5.41) is 26.2. The van der Waals surface area contributed by atoms with Gasteiger partial charge in [-0.15, -0.1) is 0 Å². The highest BCUT2D eigenvalue weighted by Crippen LogP contribution is 1.95. The molecule has 2 unspecified atom stereocenters. The normalized spacial score (nSPS) is 12.4. The average Bonchev–Trinajstić information content (AvgIpc) is 2.29. The van der Waals surface area contributed by atoms with E-state index in [1.54, 1.807) is 14.0 Å². The van der Waals surface area contributed by atoms with Crippen molar-refractivity contribution in [1.82, 2.24) is 0 Å². The largest absolute Gasteiger partial charge is 0.550 e. The molecule has 0 aliphatic carbocycles. The van der Waals surface area contributed by atoms with E-state index in [9.17, 15) is 0 Å². The molecule has 0 aromatic carbocycles. The molecule has 0 rings (SSSR count). The molecular weight excluding hydrogens is 252 g/mol. The zero-order valence-electron chi connectivity index (χ0n) is 12.7. The maximum Gasteiger partial charge on any atom is 0.154 e. The third kappa shape index (κ3) is 46.8. The Morgan fingerprint density at radius 1 is 1.32 bits per heavy atom. The second-order valence-corrected chi connectivity index (χ2v) is 3.88. The number of ether oxygens (including phenoxy) is 2. The zero-order valence-corrected chi connectivity index (χ0v) is 12.7. The highest BCUT2D eigenvalue weighted by Gasteiger charge is 1.96. The number of unbranched alkanes of at least 4 members (excludes halogenated alkanes) is 1. The van der Waals surface area contributed by atoms with Gasteiger partial charge in [0.2, 0.25) is 0 Å². The third-order valence-corrected chi connectivity index (χ3v) is 1.57. The van der Waals surface area contributed by atoms with E-state index in [1.165, 1.54) is 0 Å². The first-order valence-electron chi connectivity index (χ1n) is 6.45. The minimum atomic E-state index is -1.08. The molecule has 0 bridgehead atoms. The summed E-state index contributed by atoms with van der Waals surface area (Å²) in [5.41, 5.74) is 0. The predicted octanol–water partition coefficient (Wildman–Crippen LogP) is 0.301. The van der Waals surface area contributed by atoms with Gasteiger partial charge >= 0.3 is 0 Å². The summed E-state index contributed by atoms with van der Waals surface area (Å²) in [7, 11) is 1.56. The number of carboxylic acids is 1. The second kappa shape index (κ2) is 19.6. The molecule has 2 atom stereocenters. The molecule has 0 saturated carbocycles. The lowest BCUT2D eigenvalue weighted by Crippen LogP contribution is -2.16. The molecule has 6 nitrogen and oxygen atoms in total. The minimum Gasteiger partial charge on any atom is -0.550 e. The molecule has 6 heteroatoms. The van der Waals surface area contributed by atoms with Crippen LogP contribution in [0.25, 0.3) is 0 Å². The van der Waals surface area contributed by atoms with E-state index in [0.717, 1.165) is 19.8 Å². The number of aliphatic carboxylic acids is 1. The SMILES string of the molecule is CC(=O)[O-].CCCCOC(O)CC.COCC(C)O. The molecule has 0 radical (unpaired) electrons. The highest BCUT2D eigenvalue weighted by molar-refractivity contribution is 5.60. The van der Waals surface area contributed by atoms with E-state index in [1.807, 2.05) is 6.92 Å². The monoisotopic (exact) mass is 281 g/mol. The molecule has 0 aliphatic heterocycles. The van der Waals surface area contributed by atoms with Crippen molar-refractivity contribution < 1.29 is 29.6 Å². The van der Waals surface area contributed by atoms with Gasteiger partial charge in [0.15, 0.2) is 6.29 Å². The first-order chi connectivity index (χ1) is 8.81. The number of aliphatic hydroxyl groups excluding tert-OH is 2. The van der Waals surface area contributed by atoms with Crippen LogP contribution in [0.5, 0.6) is 0 Å². The smallest absolute Gasteiger partial charge is 0.154 e. The van der Waals surface area contributed by atoms with Crippen LogP contribution in [0, 0.1) is 0 Å². The first kappa shape index (κ1) is 23.4. The van der Waals surface area contributed by atoms with Crippen LogP contribution < -0.4 is 5.11 Å². The molecule has 0 aromatic rings. The summed E-state index contributed by atoms with van der Waals surface area (Å²) in [5.74, 6) is -1.08. The van der Waals surface area contributed by atoms with Crippen LogP contribution in [0.2, 0.25) is 0 Å². The number of rotatable bonds is 7. The number of carboxylic acid groups (broad SMARTS) is 1. The van der Waals surface area contributed by atoms with E-state index >= 15 is 0 Å². The summed E-state index contributed by atoms with van der Waals surface area (Å²) in [6, 6.07) is 0. The molecule has 2 N–H and O–H groups in total. The van der Waals surface area contributed by atoms with Crippen LogP contribution in [0.15, 0.2) is 0 Å². The Bertz CT molecular complexity index is 169. The Kier molecular flexibility index (Phi) is 24.2. The topological polar surface area (TPSA) is 99.1 Å². The molecule has 0 heterocycles. The molecule has 0 fully saturated rings. The van der Waals surface area contributed by atoms with Gasteiger partial charge < -0.3 is 29.6 Å². The van der Waals surface area contributed by atoms with Crippen molar-refractivity contribution in [3.63, 3.8) is 0 Å². The minimum absolute atomic E-state index is 0.324. The van der Waals surface area contributed by atoms with Crippen LogP contribution in [0.4, 0.5) is 0 Å². The van der Waals surface area contributed by atoms with Crippen molar-refractivity contribution in [2.45, 2.75) is 59.4 Å². The quantitative estimate of drug-likeness (QED) is 0.514. The van der Waals surface area contributed by atoms with Crippen molar-refractivity contribution >= 4 is 5.97 Å². The number of methoxy groups -OCH3 is 1. The van der Waals surface area contributed by atoms with Crippen LogP contribution in [-0.4, -0.2) is 48.9 Å². The average molecular weight is 281 g/mol. The molecule has 0 aromatic heterocycles. The number of hydrogen-bond acceptors (Lipinski definition) is 6. The van der Waals surface area contributed by atoms with E-state index in [0.29, 0.717) is 19.6 Å². The number of carbonyl (C=O) groups excluding carboxylic acids is 1. The van der Waals surface area contributed by atoms with Gasteiger partial charge in [0.1, 0.15) is 0 Å². The Hall–Kier alpha value is -0.690. The van der Waals surface area contributed by atoms with Crippen LogP contribution in [0.3, 0.4) is 0 Å². The van der Waals surface area contributed by atoms with Gasteiger partial charge in [0.25, 0.3) is 0 Å². The van der Waals surface area contributed by atoms with Gasteiger partial charge in [-0.2, -0.15) is 0 Å². The Morgan fingerprint density at radius 2 is 1.79 bits per heavy atom. The van der Waals surface area contributed by atoms with E-state index in [4.69, 9.17) is 24.9 Å². The molecule has 0 aliphatic rings. The Morgan fingerprint density at radius 3 is 2.00 bits per heavy atom. The van der Waals surface area contributed by atoms with E-state index in [-0.39, 0.29) is 6.10 Å². The van der Waals surface area contributed by atoms with E-state index < -0.39 is 12.3 Å². The molecular formula is C13H29O6-. The van der Waals surface area contributed by atoms with Gasteiger partial charge in [-0.05, 0) is 26.7 Å². The fourth-order valence-corrected chi connectivity index (χ4v) is 0.723. The maximum atomic E-state index is 8.89. The molecule has 0 spiro atoms. The van der Waals surface area contributed by atoms with Crippen molar-refractivity contribution in [2.75, 3.05) is 20.3 Å². The van der Waals surface area contributed by atoms with Crippen molar-refractivity contribution in [3.05, 3.63) is 0 Å². The number of aliphatic hydroxyl groups is 2. The third-order valence-electron chi connectivity index (χ3n) is 1.57. The van der Waals surface area contributed by atoms with Crippen LogP contribution in [0.1, 0.15) is 47.0 Å². The molecule has 0 saturated heterocycles. The highest BCUT2D eigenvalue weighted by atomic mass is 16.6. The maximum absolute atomic E-state index is 8.89.